The third kappa shape index (κ3) is 4.92. The van der Waals surface area contributed by atoms with Crippen molar-refractivity contribution in [2.24, 2.45) is 0 Å². The fourth-order valence-corrected chi connectivity index (χ4v) is 2.75. The zero-order valence-corrected chi connectivity index (χ0v) is 13.1. The largest absolute Gasteiger partial charge is 0.457 e. The normalized spacial score (nSPS) is 10.4. The van der Waals surface area contributed by atoms with Crippen molar-refractivity contribution in [2.45, 2.75) is 5.75 Å². The Hall–Kier alpha value is -1.23. The molecular weight excluding hydrogens is 334 g/mol. The molecule has 21 heavy (non-hydrogen) atoms. The van der Waals surface area contributed by atoms with Crippen LogP contribution in [0.15, 0.2) is 42.5 Å². The molecule has 0 radical (unpaired) electrons. The average Bonchev–Trinajstić information content (AvgIpc) is 2.44. The second kappa shape index (κ2) is 7.69. The van der Waals surface area contributed by atoms with Crippen LogP contribution in [0.25, 0.3) is 0 Å². The summed E-state index contributed by atoms with van der Waals surface area (Å²) in [5, 5.41) is -0.379. The maximum Gasteiger partial charge on any atom is 0.231 e. The van der Waals surface area contributed by atoms with E-state index in [9.17, 15) is 9.18 Å². The predicted octanol–water partition coefficient (Wildman–Crippen LogP) is 5.27. The third-order valence-corrected chi connectivity index (χ3v) is 4.13. The van der Waals surface area contributed by atoms with Gasteiger partial charge in [-0.3, -0.25) is 4.79 Å². The van der Waals surface area contributed by atoms with Gasteiger partial charge in [0.05, 0.1) is 10.8 Å². The molecule has 0 saturated heterocycles. The Morgan fingerprint density at radius 1 is 1.24 bits per heavy atom. The minimum Gasteiger partial charge on any atom is -0.457 e. The van der Waals surface area contributed by atoms with E-state index >= 15 is 0 Å². The van der Waals surface area contributed by atoms with Gasteiger partial charge >= 0.3 is 0 Å². The Balaban J connectivity index is 2.12. The number of hydrogen-bond donors (Lipinski definition) is 0. The first-order chi connectivity index (χ1) is 10.1. The van der Waals surface area contributed by atoms with Gasteiger partial charge in [-0.1, -0.05) is 29.8 Å². The maximum atomic E-state index is 13.1. The van der Waals surface area contributed by atoms with Gasteiger partial charge in [0.1, 0.15) is 17.3 Å². The molecular formula is C15H11Cl2FO2S. The molecule has 0 saturated carbocycles. The number of para-hydroxylation sites is 1. The van der Waals surface area contributed by atoms with Crippen LogP contribution in [-0.2, 0) is 10.5 Å². The van der Waals surface area contributed by atoms with Crippen LogP contribution in [-0.4, -0.2) is 11.0 Å². The number of ether oxygens (including phenoxy) is 1. The summed E-state index contributed by atoms with van der Waals surface area (Å²) in [4.78, 5) is 10.7. The van der Waals surface area contributed by atoms with Gasteiger partial charge in [0.15, 0.2) is 0 Å². The summed E-state index contributed by atoms with van der Waals surface area (Å²) in [6, 6.07) is 11.6. The van der Waals surface area contributed by atoms with Crippen LogP contribution in [0.3, 0.4) is 0 Å². The molecule has 0 amide bonds. The van der Waals surface area contributed by atoms with Crippen molar-refractivity contribution in [3.05, 3.63) is 58.9 Å². The van der Waals surface area contributed by atoms with Gasteiger partial charge in [0.25, 0.3) is 0 Å². The molecule has 2 aromatic carbocycles. The van der Waals surface area contributed by atoms with E-state index in [1.807, 2.05) is 18.2 Å². The number of carbonyl (C=O) groups is 1. The Kier molecular flexibility index (Phi) is 5.91. The lowest BCUT2D eigenvalue weighted by Crippen LogP contribution is -1.94. The number of thioether (sulfide) groups is 1. The molecule has 110 valence electrons. The molecule has 0 bridgehead atoms. The van der Waals surface area contributed by atoms with E-state index in [1.54, 1.807) is 6.07 Å². The van der Waals surface area contributed by atoms with Crippen molar-refractivity contribution in [3.63, 3.8) is 0 Å². The molecule has 0 aliphatic carbocycles. The zero-order valence-electron chi connectivity index (χ0n) is 10.8. The van der Waals surface area contributed by atoms with E-state index in [0.29, 0.717) is 17.3 Å². The zero-order chi connectivity index (χ0) is 15.2. The van der Waals surface area contributed by atoms with Gasteiger partial charge in [0, 0.05) is 17.4 Å². The molecule has 0 unspecified atom stereocenters. The highest BCUT2D eigenvalue weighted by molar-refractivity contribution is 7.99. The summed E-state index contributed by atoms with van der Waals surface area (Å²) in [7, 11) is 0. The van der Waals surface area contributed by atoms with E-state index in [1.165, 1.54) is 30.0 Å². The molecule has 2 rings (SSSR count). The summed E-state index contributed by atoms with van der Waals surface area (Å²) in [6.07, 6.45) is 0. The Morgan fingerprint density at radius 3 is 2.71 bits per heavy atom. The summed E-state index contributed by atoms with van der Waals surface area (Å²) < 4.78 is 18.8. The van der Waals surface area contributed by atoms with Crippen LogP contribution < -0.4 is 4.74 Å². The Morgan fingerprint density at radius 2 is 2.00 bits per heavy atom. The van der Waals surface area contributed by atoms with Gasteiger partial charge in [-0.25, -0.2) is 4.39 Å². The molecule has 0 heterocycles. The van der Waals surface area contributed by atoms with E-state index in [2.05, 4.69) is 0 Å². The van der Waals surface area contributed by atoms with Crippen molar-refractivity contribution in [1.29, 1.82) is 0 Å². The fraction of sp³-hybridized carbons (Fsp3) is 0.133. The minimum absolute atomic E-state index is 0.00657. The van der Waals surface area contributed by atoms with Gasteiger partial charge in [-0.2, -0.15) is 0 Å². The highest BCUT2D eigenvalue weighted by Gasteiger charge is 2.07. The third-order valence-electron chi connectivity index (χ3n) is 2.56. The van der Waals surface area contributed by atoms with Crippen molar-refractivity contribution in [2.75, 3.05) is 5.75 Å². The van der Waals surface area contributed by atoms with E-state index in [-0.39, 0.29) is 16.0 Å². The van der Waals surface area contributed by atoms with E-state index in [4.69, 9.17) is 27.9 Å². The monoisotopic (exact) mass is 344 g/mol. The maximum absolute atomic E-state index is 13.1. The molecule has 2 nitrogen and oxygen atoms in total. The lowest BCUT2D eigenvalue weighted by molar-refractivity contribution is -0.109. The van der Waals surface area contributed by atoms with Crippen molar-refractivity contribution < 1.29 is 13.9 Å². The molecule has 0 atom stereocenters. The van der Waals surface area contributed by atoms with Crippen molar-refractivity contribution in [1.82, 2.24) is 0 Å². The quantitative estimate of drug-likeness (QED) is 0.667. The SMILES string of the molecule is O=C(Cl)CSCc1ccccc1Oc1ccc(F)c(Cl)c1. The number of carbonyl (C=O) groups excluding carboxylic acids is 1. The van der Waals surface area contributed by atoms with Crippen LogP contribution >= 0.6 is 35.0 Å². The second-order valence-corrected chi connectivity index (χ2v) is 5.95. The van der Waals surface area contributed by atoms with Crippen LogP contribution in [0.5, 0.6) is 11.5 Å². The second-order valence-electron chi connectivity index (χ2n) is 4.13. The number of rotatable bonds is 6. The fourth-order valence-electron chi connectivity index (χ4n) is 1.63. The Bertz CT molecular complexity index is 649. The van der Waals surface area contributed by atoms with Crippen LogP contribution in [0.4, 0.5) is 4.39 Å². The summed E-state index contributed by atoms with van der Waals surface area (Å²) >= 11 is 12.4. The molecule has 6 heteroatoms. The minimum atomic E-state index is -0.492. The Labute approximate surface area is 136 Å². The molecule has 0 aromatic heterocycles. The number of hydrogen-bond acceptors (Lipinski definition) is 3. The highest BCUT2D eigenvalue weighted by Crippen LogP contribution is 2.30. The average molecular weight is 345 g/mol. The lowest BCUT2D eigenvalue weighted by Gasteiger charge is -2.11. The van der Waals surface area contributed by atoms with Crippen LogP contribution in [0.2, 0.25) is 5.02 Å². The number of benzene rings is 2. The van der Waals surface area contributed by atoms with Gasteiger partial charge in [-0.15, -0.1) is 11.8 Å². The molecule has 0 fully saturated rings. The summed E-state index contributed by atoms with van der Waals surface area (Å²) in [5.74, 6) is 1.41. The first kappa shape index (κ1) is 16.1. The molecule has 0 N–H and O–H groups in total. The van der Waals surface area contributed by atoms with Crippen molar-refractivity contribution >= 4 is 40.2 Å². The molecule has 0 spiro atoms. The predicted molar refractivity (Wildman–Crippen MR) is 84.9 cm³/mol. The van der Waals surface area contributed by atoms with E-state index in [0.717, 1.165) is 5.56 Å². The summed E-state index contributed by atoms with van der Waals surface area (Å²) in [6.45, 7) is 0. The first-order valence-electron chi connectivity index (χ1n) is 6.03. The van der Waals surface area contributed by atoms with Gasteiger partial charge in [0.2, 0.25) is 5.24 Å². The summed E-state index contributed by atoms with van der Waals surface area (Å²) in [5.41, 5.74) is 0.917. The smallest absolute Gasteiger partial charge is 0.231 e. The topological polar surface area (TPSA) is 26.3 Å². The highest BCUT2D eigenvalue weighted by atomic mass is 35.5. The van der Waals surface area contributed by atoms with E-state index < -0.39 is 5.82 Å². The van der Waals surface area contributed by atoms with Crippen LogP contribution in [0, 0.1) is 5.82 Å². The number of halogens is 3. The standard InChI is InChI=1S/C15H11Cl2FO2S/c16-12-7-11(5-6-13(12)18)20-14-4-2-1-3-10(14)8-21-9-15(17)19/h1-7H,8-9H2. The van der Waals surface area contributed by atoms with Crippen LogP contribution in [0.1, 0.15) is 5.56 Å². The molecule has 0 aliphatic heterocycles. The molecule has 0 aliphatic rings. The van der Waals surface area contributed by atoms with Gasteiger partial charge in [-0.05, 0) is 29.8 Å². The first-order valence-corrected chi connectivity index (χ1v) is 7.94. The molecule has 2 aromatic rings. The van der Waals surface area contributed by atoms with Gasteiger partial charge < -0.3 is 4.74 Å². The van der Waals surface area contributed by atoms with Crippen molar-refractivity contribution in [3.8, 4) is 11.5 Å². The lowest BCUT2D eigenvalue weighted by atomic mass is 10.2.